The van der Waals surface area contributed by atoms with Crippen molar-refractivity contribution in [3.05, 3.63) is 64.1 Å². The molecule has 0 aromatic heterocycles. The lowest BCUT2D eigenvalue weighted by atomic mass is 10.1. The Balaban J connectivity index is 1.77. The van der Waals surface area contributed by atoms with Gasteiger partial charge in [-0.2, -0.15) is 0 Å². The van der Waals surface area contributed by atoms with Crippen LogP contribution in [0.5, 0.6) is 0 Å². The van der Waals surface area contributed by atoms with E-state index in [1.54, 1.807) is 24.3 Å². The van der Waals surface area contributed by atoms with E-state index in [0.29, 0.717) is 16.4 Å². The summed E-state index contributed by atoms with van der Waals surface area (Å²) in [5.41, 5.74) is 4.06. The van der Waals surface area contributed by atoms with Crippen molar-refractivity contribution in [2.45, 2.75) is 13.8 Å². The predicted molar refractivity (Wildman–Crippen MR) is 112 cm³/mol. The van der Waals surface area contributed by atoms with E-state index >= 15 is 0 Å². The van der Waals surface area contributed by atoms with Crippen molar-refractivity contribution in [3.63, 3.8) is 0 Å². The van der Waals surface area contributed by atoms with Crippen molar-refractivity contribution in [3.8, 4) is 0 Å². The summed E-state index contributed by atoms with van der Waals surface area (Å²) in [6, 6.07) is 12.6. The van der Waals surface area contributed by atoms with Crippen molar-refractivity contribution in [2.75, 3.05) is 11.4 Å². The average molecular weight is 407 g/mol. The van der Waals surface area contributed by atoms with Gasteiger partial charge in [0.25, 0.3) is 11.8 Å². The molecule has 2 N–H and O–H groups in total. The number of aryl methyl sites for hydroxylation is 1. The number of rotatable bonds is 3. The summed E-state index contributed by atoms with van der Waals surface area (Å²) < 4.78 is 0. The molecule has 2 heterocycles. The number of nitrogens with one attached hydrogen (secondary N) is 1. The van der Waals surface area contributed by atoms with Crippen molar-refractivity contribution in [1.82, 2.24) is 5.32 Å². The standard InChI is InChI=1S/C21H17N3O4S/c1-11-6-5-8-14(12(11)2)22-21-23-19(27)18(29-21)17-13-7-3-4-9-15(13)24(20(17)28)10-16(25)26/h3-9H,10H2,1-2H3,(H,25,26)(H,22,23,27). The lowest BCUT2D eigenvalue weighted by Crippen LogP contribution is -2.32. The maximum atomic E-state index is 13.0. The number of anilines is 1. The van der Waals surface area contributed by atoms with Crippen molar-refractivity contribution >= 4 is 51.7 Å². The number of carboxylic acid groups (broad SMARTS) is 1. The second-order valence-electron chi connectivity index (χ2n) is 6.70. The molecular weight excluding hydrogens is 390 g/mol. The van der Waals surface area contributed by atoms with Gasteiger partial charge in [0.2, 0.25) is 0 Å². The summed E-state index contributed by atoms with van der Waals surface area (Å²) in [7, 11) is 0. The van der Waals surface area contributed by atoms with Gasteiger partial charge in [0.15, 0.2) is 5.17 Å². The van der Waals surface area contributed by atoms with Gasteiger partial charge in [-0.05, 0) is 48.9 Å². The Morgan fingerprint density at radius 3 is 2.66 bits per heavy atom. The maximum Gasteiger partial charge on any atom is 0.323 e. The molecular formula is C21H17N3O4S. The fourth-order valence-corrected chi connectivity index (χ4v) is 4.22. The van der Waals surface area contributed by atoms with Crippen LogP contribution in [0.3, 0.4) is 0 Å². The van der Waals surface area contributed by atoms with Crippen LogP contribution in [-0.4, -0.2) is 34.6 Å². The first-order valence-corrected chi connectivity index (χ1v) is 9.70. The van der Waals surface area contributed by atoms with Gasteiger partial charge in [0.1, 0.15) is 6.54 Å². The lowest BCUT2D eigenvalue weighted by Gasteiger charge is -2.13. The number of aliphatic carboxylic acids is 1. The number of nitrogens with zero attached hydrogens (tertiary/aromatic N) is 2. The fraction of sp³-hybridized carbons (Fsp3) is 0.143. The smallest absolute Gasteiger partial charge is 0.323 e. The summed E-state index contributed by atoms with van der Waals surface area (Å²) in [4.78, 5) is 42.7. The molecule has 1 fully saturated rings. The Bertz CT molecular complexity index is 1140. The highest BCUT2D eigenvalue weighted by Gasteiger charge is 2.39. The summed E-state index contributed by atoms with van der Waals surface area (Å²) in [6.45, 7) is 3.47. The third-order valence-corrected chi connectivity index (χ3v) is 5.85. The van der Waals surface area contributed by atoms with E-state index in [-0.39, 0.29) is 10.5 Å². The van der Waals surface area contributed by atoms with E-state index < -0.39 is 24.3 Å². The number of para-hydroxylation sites is 1. The van der Waals surface area contributed by atoms with Crippen LogP contribution in [-0.2, 0) is 14.4 Å². The lowest BCUT2D eigenvalue weighted by molar-refractivity contribution is -0.136. The van der Waals surface area contributed by atoms with Gasteiger partial charge in [-0.1, -0.05) is 30.3 Å². The molecule has 0 unspecified atom stereocenters. The molecule has 146 valence electrons. The highest BCUT2D eigenvalue weighted by atomic mass is 32.2. The first-order chi connectivity index (χ1) is 13.9. The molecule has 0 bridgehead atoms. The number of benzene rings is 2. The minimum absolute atomic E-state index is 0.204. The number of aliphatic imine (C=N–C) groups is 1. The molecule has 1 saturated heterocycles. The quantitative estimate of drug-likeness (QED) is 0.762. The number of fused-ring (bicyclic) bond motifs is 1. The number of thioether (sulfide) groups is 1. The molecule has 0 atom stereocenters. The molecule has 2 aliphatic rings. The number of carbonyl (C=O) groups is 3. The normalized spacial score (nSPS) is 19.7. The molecule has 0 radical (unpaired) electrons. The minimum Gasteiger partial charge on any atom is -0.480 e. The van der Waals surface area contributed by atoms with Gasteiger partial charge in [-0.3, -0.25) is 19.3 Å². The maximum absolute atomic E-state index is 13.0. The molecule has 7 nitrogen and oxygen atoms in total. The zero-order valence-electron chi connectivity index (χ0n) is 15.7. The Morgan fingerprint density at radius 2 is 1.90 bits per heavy atom. The topological polar surface area (TPSA) is 99.1 Å². The van der Waals surface area contributed by atoms with E-state index in [2.05, 4.69) is 10.3 Å². The summed E-state index contributed by atoms with van der Waals surface area (Å²) in [5, 5.41) is 12.3. The highest BCUT2D eigenvalue weighted by Crippen LogP contribution is 2.42. The SMILES string of the molecule is Cc1cccc(N=C2NC(=O)C(=C3C(=O)N(CC(=O)O)c4ccccc43)S2)c1C. The average Bonchev–Trinajstić information content (AvgIpc) is 3.16. The van der Waals surface area contributed by atoms with Gasteiger partial charge in [0.05, 0.1) is 21.9 Å². The minimum atomic E-state index is -1.12. The molecule has 4 rings (SSSR count). The third kappa shape index (κ3) is 3.31. The number of amidine groups is 1. The van der Waals surface area contributed by atoms with Crippen LogP contribution in [0.15, 0.2) is 52.4 Å². The number of hydrogen-bond acceptors (Lipinski definition) is 5. The Labute approximate surface area is 171 Å². The Kier molecular flexibility index (Phi) is 4.71. The van der Waals surface area contributed by atoms with Crippen LogP contribution in [0.25, 0.3) is 5.57 Å². The van der Waals surface area contributed by atoms with E-state index in [1.807, 2.05) is 32.0 Å². The third-order valence-electron chi connectivity index (χ3n) is 4.87. The number of amides is 2. The van der Waals surface area contributed by atoms with Gasteiger partial charge in [-0.15, -0.1) is 0 Å². The van der Waals surface area contributed by atoms with Crippen LogP contribution in [0.4, 0.5) is 11.4 Å². The molecule has 2 amide bonds. The van der Waals surface area contributed by atoms with Crippen molar-refractivity contribution in [1.29, 1.82) is 0 Å². The molecule has 2 aliphatic heterocycles. The van der Waals surface area contributed by atoms with E-state index in [0.717, 1.165) is 28.6 Å². The molecule has 8 heteroatoms. The Hall–Kier alpha value is -3.39. The summed E-state index contributed by atoms with van der Waals surface area (Å²) >= 11 is 1.09. The molecule has 29 heavy (non-hydrogen) atoms. The van der Waals surface area contributed by atoms with Crippen LogP contribution in [0.2, 0.25) is 0 Å². The summed E-state index contributed by atoms with van der Waals surface area (Å²) in [5.74, 6) is -2.05. The van der Waals surface area contributed by atoms with E-state index in [4.69, 9.17) is 5.11 Å². The van der Waals surface area contributed by atoms with Crippen LogP contribution >= 0.6 is 11.8 Å². The molecule has 2 aromatic rings. The van der Waals surface area contributed by atoms with Crippen LogP contribution < -0.4 is 10.2 Å². The van der Waals surface area contributed by atoms with Gasteiger partial charge in [-0.25, -0.2) is 4.99 Å². The van der Waals surface area contributed by atoms with Crippen LogP contribution in [0.1, 0.15) is 16.7 Å². The van der Waals surface area contributed by atoms with Gasteiger partial charge in [0, 0.05) is 5.56 Å². The zero-order chi connectivity index (χ0) is 20.7. The van der Waals surface area contributed by atoms with Gasteiger partial charge >= 0.3 is 5.97 Å². The van der Waals surface area contributed by atoms with Gasteiger partial charge < -0.3 is 10.4 Å². The molecule has 0 aliphatic carbocycles. The first-order valence-electron chi connectivity index (χ1n) is 8.88. The zero-order valence-corrected chi connectivity index (χ0v) is 16.5. The molecule has 0 saturated carbocycles. The highest BCUT2D eigenvalue weighted by molar-refractivity contribution is 8.18. The monoisotopic (exact) mass is 407 g/mol. The number of carbonyl (C=O) groups excluding carboxylic acids is 2. The first kappa shape index (κ1) is 18.9. The Morgan fingerprint density at radius 1 is 1.14 bits per heavy atom. The van der Waals surface area contributed by atoms with Crippen LogP contribution in [0, 0.1) is 13.8 Å². The van der Waals surface area contributed by atoms with Crippen molar-refractivity contribution in [2.24, 2.45) is 4.99 Å². The van der Waals surface area contributed by atoms with E-state index in [9.17, 15) is 14.4 Å². The summed E-state index contributed by atoms with van der Waals surface area (Å²) in [6.07, 6.45) is 0. The molecule has 2 aromatic carbocycles. The number of hydrogen-bond donors (Lipinski definition) is 2. The fourth-order valence-electron chi connectivity index (χ4n) is 3.30. The van der Waals surface area contributed by atoms with E-state index in [1.165, 1.54) is 4.90 Å². The molecule has 0 spiro atoms. The predicted octanol–water partition coefficient (Wildman–Crippen LogP) is 3.00. The largest absolute Gasteiger partial charge is 0.480 e. The van der Waals surface area contributed by atoms with Crippen molar-refractivity contribution < 1.29 is 19.5 Å². The second-order valence-corrected chi connectivity index (χ2v) is 7.70. The number of carboxylic acids is 1. The second kappa shape index (κ2) is 7.21.